The van der Waals surface area contributed by atoms with Crippen LogP contribution in [0.1, 0.15) is 29.8 Å². The topological polar surface area (TPSA) is 44.8 Å². The van der Waals surface area contributed by atoms with Crippen LogP contribution in [0.15, 0.2) is 17.7 Å². The number of hydrogen-bond donors (Lipinski definition) is 0. The first-order valence-corrected chi connectivity index (χ1v) is 5.99. The molecule has 0 radical (unpaired) electrons. The number of benzene rings is 1. The summed E-state index contributed by atoms with van der Waals surface area (Å²) in [6.07, 6.45) is 3.45. The number of carbonyl (C=O) groups is 1. The Morgan fingerprint density at radius 2 is 1.74 bits per heavy atom. The lowest BCUT2D eigenvalue weighted by molar-refractivity contribution is 0.112. The SMILES string of the molecule is COc1cc(C=O)c(CC=C(C)C)c(OC)c1OC. The van der Waals surface area contributed by atoms with Crippen LogP contribution in [0, 0.1) is 0 Å². The standard InChI is InChI=1S/C15H20O4/c1-10(2)6-7-12-11(9-16)8-13(17-3)15(19-5)14(12)18-4/h6,8-9H,7H2,1-5H3. The predicted octanol–water partition coefficient (Wildman–Crippen LogP) is 3.03. The molecule has 0 saturated carbocycles. The van der Waals surface area contributed by atoms with Gasteiger partial charge in [0.1, 0.15) is 0 Å². The summed E-state index contributed by atoms with van der Waals surface area (Å²) in [4.78, 5) is 11.2. The van der Waals surface area contributed by atoms with E-state index >= 15 is 0 Å². The molecule has 104 valence electrons. The molecule has 0 amide bonds. The van der Waals surface area contributed by atoms with Gasteiger partial charge in [-0.2, -0.15) is 0 Å². The molecule has 1 aromatic carbocycles. The summed E-state index contributed by atoms with van der Waals surface area (Å²) in [6, 6.07) is 1.67. The van der Waals surface area contributed by atoms with Crippen LogP contribution < -0.4 is 14.2 Å². The lowest BCUT2D eigenvalue weighted by Gasteiger charge is -2.17. The zero-order chi connectivity index (χ0) is 14.4. The van der Waals surface area contributed by atoms with E-state index in [1.807, 2.05) is 19.9 Å². The number of hydrogen-bond acceptors (Lipinski definition) is 4. The zero-order valence-electron chi connectivity index (χ0n) is 12.1. The third kappa shape index (κ3) is 3.28. The number of allylic oxidation sites excluding steroid dienone is 2. The van der Waals surface area contributed by atoms with Crippen molar-refractivity contribution in [2.75, 3.05) is 21.3 Å². The van der Waals surface area contributed by atoms with Gasteiger partial charge >= 0.3 is 0 Å². The van der Waals surface area contributed by atoms with Crippen LogP contribution in [0.2, 0.25) is 0 Å². The van der Waals surface area contributed by atoms with E-state index < -0.39 is 0 Å². The summed E-state index contributed by atoms with van der Waals surface area (Å²) in [6.45, 7) is 4.02. The Bertz CT molecular complexity index is 485. The van der Waals surface area contributed by atoms with Crippen molar-refractivity contribution in [3.63, 3.8) is 0 Å². The van der Waals surface area contributed by atoms with Crippen LogP contribution in [-0.4, -0.2) is 27.6 Å². The molecule has 1 rings (SSSR count). The summed E-state index contributed by atoms with van der Waals surface area (Å²) in [5, 5.41) is 0. The Labute approximate surface area is 114 Å². The van der Waals surface area contributed by atoms with E-state index in [1.54, 1.807) is 20.3 Å². The maximum absolute atomic E-state index is 11.2. The lowest BCUT2D eigenvalue weighted by Crippen LogP contribution is -2.02. The van der Waals surface area contributed by atoms with Crippen molar-refractivity contribution in [1.29, 1.82) is 0 Å². The molecule has 4 heteroatoms. The van der Waals surface area contributed by atoms with Gasteiger partial charge in [0.15, 0.2) is 17.8 Å². The van der Waals surface area contributed by atoms with Gasteiger partial charge in [-0.15, -0.1) is 0 Å². The first-order chi connectivity index (χ1) is 9.08. The van der Waals surface area contributed by atoms with Gasteiger partial charge in [0.25, 0.3) is 0 Å². The van der Waals surface area contributed by atoms with Crippen molar-refractivity contribution < 1.29 is 19.0 Å². The molecule has 0 N–H and O–H groups in total. The molecule has 4 nitrogen and oxygen atoms in total. The molecule has 19 heavy (non-hydrogen) atoms. The Morgan fingerprint density at radius 3 is 2.16 bits per heavy atom. The third-order valence-corrected chi connectivity index (χ3v) is 2.81. The number of aldehydes is 1. The van der Waals surface area contributed by atoms with E-state index in [2.05, 4.69) is 0 Å². The number of carbonyl (C=O) groups excluding carboxylic acids is 1. The largest absolute Gasteiger partial charge is 0.493 e. The highest BCUT2D eigenvalue weighted by Crippen LogP contribution is 2.41. The highest BCUT2D eigenvalue weighted by molar-refractivity contribution is 5.82. The molecule has 0 aliphatic carbocycles. The molecule has 0 aromatic heterocycles. The molecule has 0 saturated heterocycles. The fraction of sp³-hybridized carbons (Fsp3) is 0.400. The van der Waals surface area contributed by atoms with E-state index in [0.717, 1.165) is 11.8 Å². The fourth-order valence-corrected chi connectivity index (χ4v) is 1.86. The molecule has 0 aliphatic rings. The summed E-state index contributed by atoms with van der Waals surface area (Å²) in [5.74, 6) is 1.54. The predicted molar refractivity (Wildman–Crippen MR) is 74.6 cm³/mol. The Balaban J connectivity index is 3.48. The highest BCUT2D eigenvalue weighted by atomic mass is 16.5. The lowest BCUT2D eigenvalue weighted by atomic mass is 10.0. The van der Waals surface area contributed by atoms with Gasteiger partial charge in [0.05, 0.1) is 21.3 Å². The molecule has 0 unspecified atom stereocenters. The average Bonchev–Trinajstić information content (AvgIpc) is 2.42. The van der Waals surface area contributed by atoms with Crippen LogP contribution in [0.25, 0.3) is 0 Å². The smallest absolute Gasteiger partial charge is 0.203 e. The van der Waals surface area contributed by atoms with Gasteiger partial charge in [-0.05, 0) is 26.3 Å². The Kier molecular flexibility index (Phi) is 5.42. The molecule has 0 heterocycles. The first-order valence-electron chi connectivity index (χ1n) is 5.99. The van der Waals surface area contributed by atoms with Gasteiger partial charge in [-0.3, -0.25) is 4.79 Å². The van der Waals surface area contributed by atoms with E-state index in [9.17, 15) is 4.79 Å². The molecule has 0 fully saturated rings. The number of ether oxygens (including phenoxy) is 3. The van der Waals surface area contributed by atoms with Gasteiger partial charge in [0.2, 0.25) is 5.75 Å². The maximum Gasteiger partial charge on any atom is 0.203 e. The molecule has 0 atom stereocenters. The molecular formula is C15H20O4. The second kappa shape index (κ2) is 6.83. The van der Waals surface area contributed by atoms with E-state index in [4.69, 9.17) is 14.2 Å². The van der Waals surface area contributed by atoms with Crippen molar-refractivity contribution in [2.24, 2.45) is 0 Å². The van der Waals surface area contributed by atoms with Gasteiger partial charge in [-0.25, -0.2) is 0 Å². The third-order valence-electron chi connectivity index (χ3n) is 2.81. The summed E-state index contributed by atoms with van der Waals surface area (Å²) in [5.41, 5.74) is 2.53. The summed E-state index contributed by atoms with van der Waals surface area (Å²) < 4.78 is 15.9. The summed E-state index contributed by atoms with van der Waals surface area (Å²) in [7, 11) is 4.63. The first kappa shape index (κ1) is 15.1. The van der Waals surface area contributed by atoms with Crippen molar-refractivity contribution in [2.45, 2.75) is 20.3 Å². The highest BCUT2D eigenvalue weighted by Gasteiger charge is 2.19. The van der Waals surface area contributed by atoms with Crippen LogP contribution in [0.3, 0.4) is 0 Å². The minimum absolute atomic E-state index is 0.488. The van der Waals surface area contributed by atoms with Gasteiger partial charge < -0.3 is 14.2 Å². The van der Waals surface area contributed by atoms with Crippen molar-refractivity contribution >= 4 is 6.29 Å². The number of rotatable bonds is 6. The molecule has 0 bridgehead atoms. The summed E-state index contributed by atoms with van der Waals surface area (Å²) >= 11 is 0. The average molecular weight is 264 g/mol. The quantitative estimate of drug-likeness (QED) is 0.585. The van der Waals surface area contributed by atoms with Crippen LogP contribution in [0.4, 0.5) is 0 Å². The maximum atomic E-state index is 11.2. The molecular weight excluding hydrogens is 244 g/mol. The Hall–Kier alpha value is -1.97. The van der Waals surface area contributed by atoms with Crippen molar-refractivity contribution in [3.8, 4) is 17.2 Å². The van der Waals surface area contributed by atoms with E-state index in [1.165, 1.54) is 12.7 Å². The van der Waals surface area contributed by atoms with Gasteiger partial charge in [0, 0.05) is 11.1 Å². The zero-order valence-corrected chi connectivity index (χ0v) is 12.1. The molecule has 0 aliphatic heterocycles. The van der Waals surface area contributed by atoms with Crippen molar-refractivity contribution in [3.05, 3.63) is 28.8 Å². The van der Waals surface area contributed by atoms with Crippen LogP contribution in [-0.2, 0) is 6.42 Å². The van der Waals surface area contributed by atoms with E-state index in [-0.39, 0.29) is 0 Å². The second-order valence-corrected chi connectivity index (χ2v) is 4.32. The minimum Gasteiger partial charge on any atom is -0.493 e. The van der Waals surface area contributed by atoms with Crippen LogP contribution >= 0.6 is 0 Å². The normalized spacial score (nSPS) is 9.74. The minimum atomic E-state index is 0.488. The molecule has 0 spiro atoms. The monoisotopic (exact) mass is 264 g/mol. The molecule has 1 aromatic rings. The van der Waals surface area contributed by atoms with Crippen molar-refractivity contribution in [1.82, 2.24) is 0 Å². The second-order valence-electron chi connectivity index (χ2n) is 4.32. The van der Waals surface area contributed by atoms with E-state index in [0.29, 0.717) is 29.2 Å². The number of methoxy groups -OCH3 is 3. The fourth-order valence-electron chi connectivity index (χ4n) is 1.86. The van der Waals surface area contributed by atoms with Gasteiger partial charge in [-0.1, -0.05) is 11.6 Å². The Morgan fingerprint density at radius 1 is 1.11 bits per heavy atom. The van der Waals surface area contributed by atoms with Crippen LogP contribution in [0.5, 0.6) is 17.2 Å².